The normalized spacial score (nSPS) is 20.9. The molecule has 4 rings (SSSR count). The Labute approximate surface area is 179 Å². The Morgan fingerprint density at radius 2 is 1.74 bits per heavy atom. The van der Waals surface area contributed by atoms with Crippen molar-refractivity contribution in [3.63, 3.8) is 0 Å². The smallest absolute Gasteiger partial charge is 0.293 e. The first-order chi connectivity index (χ1) is 14.6. The zero-order chi connectivity index (χ0) is 22.8. The van der Waals surface area contributed by atoms with E-state index in [9.17, 15) is 24.0 Å². The van der Waals surface area contributed by atoms with Crippen LogP contribution in [-0.2, 0) is 19.1 Å². The first kappa shape index (κ1) is 22.4. The fourth-order valence-electron chi connectivity index (χ4n) is 3.21. The lowest BCUT2D eigenvalue weighted by atomic mass is 10.0. The van der Waals surface area contributed by atoms with E-state index in [0.29, 0.717) is 12.2 Å². The van der Waals surface area contributed by atoms with Gasteiger partial charge in [-0.1, -0.05) is 0 Å². The number of benzene rings is 1. The topological polar surface area (TPSA) is 131 Å². The average Bonchev–Trinajstić information content (AvgIpc) is 2.89. The van der Waals surface area contributed by atoms with E-state index in [4.69, 9.17) is 4.74 Å². The van der Waals surface area contributed by atoms with Crippen molar-refractivity contribution in [1.82, 2.24) is 15.5 Å². The lowest BCUT2D eigenvalue weighted by molar-refractivity contribution is -0.139. The van der Waals surface area contributed by atoms with Crippen LogP contribution in [0.2, 0.25) is 0 Å². The van der Waals surface area contributed by atoms with E-state index in [2.05, 4.69) is 15.4 Å². The molecule has 31 heavy (non-hydrogen) atoms. The number of fused-ring (bicyclic) bond motifs is 1. The largest absolute Gasteiger partial charge is 0.488 e. The molecule has 0 saturated carbocycles. The molecule has 0 spiro atoms. The van der Waals surface area contributed by atoms with E-state index in [1.807, 2.05) is 20.8 Å². The molecule has 1 atom stereocenters. The van der Waals surface area contributed by atoms with Crippen LogP contribution in [0, 0.1) is 0 Å². The molecule has 0 bridgehead atoms. The third kappa shape index (κ3) is 5.08. The molecule has 0 radical (unpaired) electrons. The Kier molecular flexibility index (Phi) is 6.40. The SMILES string of the molecule is CC(C)(C)OC=O.O=C1CCC(N2C(=O)c3ccc(OC4CNC4)cc3C2=O)C(=O)N1. The fourth-order valence-corrected chi connectivity index (χ4v) is 3.21. The number of carbonyl (C=O) groups is 5. The minimum atomic E-state index is -0.949. The highest BCUT2D eigenvalue weighted by atomic mass is 16.5. The molecule has 166 valence electrons. The number of rotatable bonds is 4. The quantitative estimate of drug-likeness (QED) is 0.517. The van der Waals surface area contributed by atoms with Gasteiger partial charge in [0.1, 0.15) is 23.5 Å². The third-order valence-corrected chi connectivity index (χ3v) is 4.86. The molecule has 10 heteroatoms. The van der Waals surface area contributed by atoms with Crippen molar-refractivity contribution in [2.45, 2.75) is 51.4 Å². The minimum absolute atomic E-state index is 0.0569. The Hall–Kier alpha value is -3.27. The van der Waals surface area contributed by atoms with E-state index in [1.165, 1.54) is 0 Å². The summed E-state index contributed by atoms with van der Waals surface area (Å²) in [6.07, 6.45) is 0.307. The maximum Gasteiger partial charge on any atom is 0.293 e. The summed E-state index contributed by atoms with van der Waals surface area (Å²) in [5.41, 5.74) is 0.167. The van der Waals surface area contributed by atoms with Gasteiger partial charge in [-0.15, -0.1) is 0 Å². The number of ether oxygens (including phenoxy) is 2. The molecule has 0 aromatic heterocycles. The highest BCUT2D eigenvalue weighted by Gasteiger charge is 2.44. The number of amides is 4. The summed E-state index contributed by atoms with van der Waals surface area (Å²) in [5.74, 6) is -1.52. The van der Waals surface area contributed by atoms with Crippen LogP contribution in [0.4, 0.5) is 0 Å². The number of nitrogens with one attached hydrogen (secondary N) is 2. The van der Waals surface area contributed by atoms with Gasteiger partial charge in [0.25, 0.3) is 18.3 Å². The molecule has 2 fully saturated rings. The Morgan fingerprint density at radius 3 is 2.26 bits per heavy atom. The van der Waals surface area contributed by atoms with E-state index in [0.717, 1.165) is 18.0 Å². The highest BCUT2D eigenvalue weighted by Crippen LogP contribution is 2.30. The Bertz CT molecular complexity index is 918. The predicted octanol–water partition coefficient (Wildman–Crippen LogP) is 0.396. The molecule has 3 aliphatic rings. The molecule has 2 N–H and O–H groups in total. The second kappa shape index (κ2) is 8.84. The molecule has 3 heterocycles. The molecule has 10 nitrogen and oxygen atoms in total. The number of piperidine rings is 1. The zero-order valence-electron chi connectivity index (χ0n) is 17.6. The fraction of sp³-hybridized carbons (Fsp3) is 0.476. The molecule has 1 unspecified atom stereocenters. The standard InChI is InChI=1S/C16H15N3O5.C5H10O2/c20-13-4-3-12(14(21)18-13)19-15(22)10-2-1-8(5-11(10)16(19)23)24-9-6-17-7-9;1-5(2,3)7-4-6/h1-2,5,9,12,17H,3-4,6-7H2,(H,18,20,21);4H,1-3H3. The van der Waals surface area contributed by atoms with Gasteiger partial charge in [0.05, 0.1) is 11.1 Å². The summed E-state index contributed by atoms with van der Waals surface area (Å²) in [7, 11) is 0. The van der Waals surface area contributed by atoms with E-state index in [1.54, 1.807) is 18.2 Å². The van der Waals surface area contributed by atoms with Crippen molar-refractivity contribution >= 4 is 30.1 Å². The van der Waals surface area contributed by atoms with Crippen LogP contribution in [0.1, 0.15) is 54.3 Å². The van der Waals surface area contributed by atoms with Crippen LogP contribution in [0.5, 0.6) is 5.75 Å². The van der Waals surface area contributed by atoms with Crippen LogP contribution in [0.25, 0.3) is 0 Å². The summed E-state index contributed by atoms with van der Waals surface area (Å²) >= 11 is 0. The zero-order valence-corrected chi connectivity index (χ0v) is 17.6. The highest BCUT2D eigenvalue weighted by molar-refractivity contribution is 6.23. The summed E-state index contributed by atoms with van der Waals surface area (Å²) in [6.45, 7) is 7.41. The average molecular weight is 431 g/mol. The molecular weight excluding hydrogens is 406 g/mol. The number of imide groups is 2. The number of hydrogen-bond donors (Lipinski definition) is 2. The van der Waals surface area contributed by atoms with Gasteiger partial charge in [-0.05, 0) is 45.4 Å². The van der Waals surface area contributed by atoms with Gasteiger partial charge in [-0.2, -0.15) is 0 Å². The first-order valence-electron chi connectivity index (χ1n) is 9.95. The number of carbonyl (C=O) groups excluding carboxylic acids is 5. The van der Waals surface area contributed by atoms with Crippen molar-refractivity contribution in [2.75, 3.05) is 13.1 Å². The number of hydrogen-bond acceptors (Lipinski definition) is 8. The van der Waals surface area contributed by atoms with Crippen LogP contribution >= 0.6 is 0 Å². The Morgan fingerprint density at radius 1 is 1.06 bits per heavy atom. The predicted molar refractivity (Wildman–Crippen MR) is 107 cm³/mol. The summed E-state index contributed by atoms with van der Waals surface area (Å²) in [6, 6.07) is 3.79. The van der Waals surface area contributed by atoms with Crippen LogP contribution in [0.3, 0.4) is 0 Å². The molecule has 2 saturated heterocycles. The molecule has 4 amide bonds. The summed E-state index contributed by atoms with van der Waals surface area (Å²) in [4.78, 5) is 58.9. The maximum atomic E-state index is 12.6. The molecule has 3 aliphatic heterocycles. The van der Waals surface area contributed by atoms with E-state index >= 15 is 0 Å². The van der Waals surface area contributed by atoms with Crippen LogP contribution in [-0.4, -0.2) is 65.8 Å². The van der Waals surface area contributed by atoms with E-state index in [-0.39, 0.29) is 35.7 Å². The van der Waals surface area contributed by atoms with Gasteiger partial charge in [0, 0.05) is 19.5 Å². The van der Waals surface area contributed by atoms with Crippen molar-refractivity contribution in [1.29, 1.82) is 0 Å². The van der Waals surface area contributed by atoms with Crippen LogP contribution < -0.4 is 15.4 Å². The minimum Gasteiger partial charge on any atom is -0.488 e. The van der Waals surface area contributed by atoms with Crippen LogP contribution in [0.15, 0.2) is 18.2 Å². The second-order valence-corrected chi connectivity index (χ2v) is 8.38. The summed E-state index contributed by atoms with van der Waals surface area (Å²) in [5, 5.41) is 5.25. The Balaban J connectivity index is 0.000000339. The van der Waals surface area contributed by atoms with Crippen molar-refractivity contribution < 1.29 is 33.4 Å². The van der Waals surface area contributed by atoms with Gasteiger partial charge < -0.3 is 14.8 Å². The van der Waals surface area contributed by atoms with Gasteiger partial charge in [0.2, 0.25) is 11.8 Å². The van der Waals surface area contributed by atoms with Gasteiger partial charge in [-0.3, -0.25) is 34.2 Å². The summed E-state index contributed by atoms with van der Waals surface area (Å²) < 4.78 is 10.3. The van der Waals surface area contributed by atoms with Gasteiger partial charge >= 0.3 is 0 Å². The first-order valence-corrected chi connectivity index (χ1v) is 9.95. The van der Waals surface area contributed by atoms with Gasteiger partial charge in [0.15, 0.2) is 0 Å². The third-order valence-electron chi connectivity index (χ3n) is 4.86. The second-order valence-electron chi connectivity index (χ2n) is 8.38. The molecule has 1 aromatic rings. The monoisotopic (exact) mass is 431 g/mol. The molecule has 1 aromatic carbocycles. The molecule has 0 aliphatic carbocycles. The van der Waals surface area contributed by atoms with Gasteiger partial charge in [-0.25, -0.2) is 0 Å². The van der Waals surface area contributed by atoms with Crippen molar-refractivity contribution in [3.05, 3.63) is 29.3 Å². The van der Waals surface area contributed by atoms with Crippen molar-refractivity contribution in [2.24, 2.45) is 0 Å². The van der Waals surface area contributed by atoms with E-state index < -0.39 is 29.7 Å². The lowest BCUT2D eigenvalue weighted by Crippen LogP contribution is -2.54. The molecular formula is C21H25N3O7. The van der Waals surface area contributed by atoms with Crippen molar-refractivity contribution in [3.8, 4) is 5.75 Å². The number of nitrogens with zero attached hydrogens (tertiary/aromatic N) is 1. The maximum absolute atomic E-state index is 12.6. The lowest BCUT2D eigenvalue weighted by Gasteiger charge is -2.28.